The number of carbonyl (C=O) groups excluding carboxylic acids is 4. The Morgan fingerprint density at radius 1 is 0.744 bits per heavy atom. The van der Waals surface area contributed by atoms with Gasteiger partial charge in [-0.3, -0.25) is 9.80 Å². The normalized spacial score (nSPS) is 17.7. The molecule has 418 valence electrons. The van der Waals surface area contributed by atoms with Crippen LogP contribution < -0.4 is 25.1 Å². The summed E-state index contributed by atoms with van der Waals surface area (Å²) in [4.78, 5) is 65.0. The highest BCUT2D eigenvalue weighted by molar-refractivity contribution is 9.11. The monoisotopic (exact) mass is 1190 g/mol. The third kappa shape index (κ3) is 13.9. The number of cyclic esters (lactones) is 2. The molecule has 3 aliphatic rings. The lowest BCUT2D eigenvalue weighted by Gasteiger charge is -2.32. The first-order valence-electron chi connectivity index (χ1n) is 23.7. The first-order valence-corrected chi connectivity index (χ1v) is 26.1. The maximum atomic E-state index is 15.0. The zero-order chi connectivity index (χ0) is 57.2. The molecule has 2 atom stereocenters. The molecule has 26 nitrogen and oxygen atoms in total. The number of nitrogens with zero attached hydrogens (tertiary/aromatic N) is 14. The minimum absolute atomic E-state index is 0.0422. The van der Waals surface area contributed by atoms with E-state index in [2.05, 4.69) is 56.7 Å². The number of aromatic nitrogens is 10. The third-order valence-corrected chi connectivity index (χ3v) is 13.9. The Hall–Kier alpha value is -6.84. The first-order chi connectivity index (χ1) is 36.5. The molecule has 2 N–H and O–H groups in total. The lowest BCUT2D eigenvalue weighted by molar-refractivity contribution is 0.00578. The van der Waals surface area contributed by atoms with Gasteiger partial charge in [0.2, 0.25) is 10.3 Å². The molecular weight excluding hydrogens is 1130 g/mol. The number of rotatable bonds is 10. The quantitative estimate of drug-likeness (QED) is 0.105. The fourth-order valence-electron chi connectivity index (χ4n) is 7.05. The van der Waals surface area contributed by atoms with Crippen LogP contribution in [0, 0.1) is 11.6 Å². The summed E-state index contributed by atoms with van der Waals surface area (Å²) in [7, 11) is 2.36. The van der Waals surface area contributed by atoms with Crippen LogP contribution in [0.25, 0.3) is 10.4 Å². The molecule has 7 heterocycles. The van der Waals surface area contributed by atoms with E-state index >= 15 is 4.39 Å². The zero-order valence-corrected chi connectivity index (χ0v) is 47.6. The minimum atomic E-state index is -0.806. The smallest absolute Gasteiger partial charge is 0.443 e. The van der Waals surface area contributed by atoms with Crippen molar-refractivity contribution >= 4 is 109 Å². The number of aryl methyl sites for hydroxylation is 2. The molecular formula is C46H56BBrF2N14O12S2. The Morgan fingerprint density at radius 2 is 1.19 bits per heavy atom. The van der Waals surface area contributed by atoms with Crippen LogP contribution in [0.3, 0.4) is 0 Å². The molecule has 0 radical (unpaired) electrons. The molecule has 0 spiro atoms. The van der Waals surface area contributed by atoms with Gasteiger partial charge >= 0.3 is 31.5 Å². The summed E-state index contributed by atoms with van der Waals surface area (Å²) in [6, 6.07) is 8.68. The lowest BCUT2D eigenvalue weighted by Crippen LogP contribution is -2.41. The number of amides is 4. The van der Waals surface area contributed by atoms with Crippen LogP contribution in [-0.4, -0.2) is 153 Å². The molecule has 3 aliphatic heterocycles. The van der Waals surface area contributed by atoms with Crippen molar-refractivity contribution < 1.29 is 66.4 Å². The number of benzene rings is 2. The summed E-state index contributed by atoms with van der Waals surface area (Å²) in [5.74, 6) is -1.05. The molecule has 0 unspecified atom stereocenters. The number of carbonyl (C=O) groups is 4. The molecule has 3 fully saturated rings. The van der Waals surface area contributed by atoms with E-state index < -0.39 is 77.7 Å². The second-order valence-electron chi connectivity index (χ2n) is 20.3. The fourth-order valence-corrected chi connectivity index (χ4v) is 9.15. The van der Waals surface area contributed by atoms with Crippen LogP contribution in [0.2, 0.25) is 0 Å². The lowest BCUT2D eigenvalue weighted by atomic mass is 9.78. The molecule has 0 aliphatic carbocycles. The van der Waals surface area contributed by atoms with Crippen LogP contribution in [-0.2, 0) is 42.4 Å². The number of hydrogen-bond acceptors (Lipinski definition) is 22. The Kier molecular flexibility index (Phi) is 17.5. The molecule has 4 amide bonds. The van der Waals surface area contributed by atoms with Crippen molar-refractivity contribution in [2.24, 2.45) is 14.1 Å². The van der Waals surface area contributed by atoms with E-state index in [1.807, 2.05) is 27.7 Å². The van der Waals surface area contributed by atoms with Gasteiger partial charge in [0.15, 0.2) is 0 Å². The number of hydrogen-bond donors (Lipinski definition) is 2. The molecule has 0 saturated carbocycles. The molecule has 4 aromatic heterocycles. The number of thiazole rings is 2. The van der Waals surface area contributed by atoms with E-state index in [9.17, 15) is 28.7 Å². The van der Waals surface area contributed by atoms with Crippen molar-refractivity contribution in [2.45, 2.75) is 104 Å². The molecule has 9 rings (SSSR count). The van der Waals surface area contributed by atoms with Crippen LogP contribution in [0.1, 0.15) is 69.2 Å². The van der Waals surface area contributed by atoms with Crippen LogP contribution in [0.4, 0.5) is 61.5 Å². The second-order valence-corrected chi connectivity index (χ2v) is 23.7. The number of halogens is 3. The van der Waals surface area contributed by atoms with Crippen LogP contribution >= 0.6 is 38.6 Å². The maximum Gasteiger partial charge on any atom is 0.497 e. The van der Waals surface area contributed by atoms with Gasteiger partial charge in [0, 0.05) is 17.2 Å². The molecule has 78 heavy (non-hydrogen) atoms. The summed E-state index contributed by atoms with van der Waals surface area (Å²) in [5.41, 5.74) is -1.37. The molecule has 0 bridgehead atoms. The van der Waals surface area contributed by atoms with Gasteiger partial charge < -0.3 is 38.5 Å². The predicted octanol–water partition coefficient (Wildman–Crippen LogP) is 6.81. The number of tetrazole rings is 2. The van der Waals surface area contributed by atoms with E-state index in [0.717, 1.165) is 20.0 Å². The molecule has 3 saturated heterocycles. The number of aliphatic hydroxyl groups is 2. The topological polar surface area (TPSA) is 290 Å². The third-order valence-electron chi connectivity index (χ3n) is 11.4. The predicted molar refractivity (Wildman–Crippen MR) is 283 cm³/mol. The number of aliphatic hydroxyl groups excluding tert-OH is 2. The van der Waals surface area contributed by atoms with E-state index in [-0.39, 0.29) is 54.4 Å². The van der Waals surface area contributed by atoms with Gasteiger partial charge in [0.05, 0.1) is 77.8 Å². The maximum absolute atomic E-state index is 15.0. The Morgan fingerprint density at radius 3 is 1.58 bits per heavy atom. The first kappa shape index (κ1) is 58.8. The Bertz CT molecular complexity index is 3090. The highest BCUT2D eigenvalue weighted by Crippen LogP contribution is 2.39. The highest BCUT2D eigenvalue weighted by Gasteiger charge is 2.52. The van der Waals surface area contributed by atoms with Crippen molar-refractivity contribution in [2.75, 3.05) is 45.9 Å². The Balaban J connectivity index is 0.000000177. The second kappa shape index (κ2) is 23.2. The highest BCUT2D eigenvalue weighted by atomic mass is 79.9. The fraction of sp³-hybridized carbons (Fsp3) is 0.478. The average molecular weight is 1190 g/mol. The SMILES string of the molecule is CC1(C)OB(c2ccc(N3C[C@H](CO)OC3=O)cc2F)OC1(C)C.Cn1nnc(N(C(=O)OC(C)(C)C)c2ncc(-c3ccc(N4C[C@H](CO)OC4=O)cc3F)s2)n1.Cn1nnc(N(C(=O)OC(C)(C)C)c2ncc(Br)s2)n1. The summed E-state index contributed by atoms with van der Waals surface area (Å²) >= 11 is 5.60. The largest absolute Gasteiger partial charge is 0.497 e. The van der Waals surface area contributed by atoms with Gasteiger partial charge in [-0.2, -0.15) is 19.4 Å². The van der Waals surface area contributed by atoms with Gasteiger partial charge in [0.25, 0.3) is 11.9 Å². The van der Waals surface area contributed by atoms with E-state index in [0.29, 0.717) is 21.4 Å². The number of ether oxygens (including phenoxy) is 4. The molecule has 2 aromatic carbocycles. The van der Waals surface area contributed by atoms with Crippen molar-refractivity contribution in [1.82, 2.24) is 50.4 Å². The van der Waals surface area contributed by atoms with Crippen molar-refractivity contribution in [3.05, 3.63) is 64.2 Å². The van der Waals surface area contributed by atoms with Gasteiger partial charge in [-0.05, 0) is 126 Å². The summed E-state index contributed by atoms with van der Waals surface area (Å²) in [6.45, 7) is 17.8. The summed E-state index contributed by atoms with van der Waals surface area (Å²) < 4.78 is 62.9. The summed E-state index contributed by atoms with van der Waals surface area (Å²) in [5, 5.41) is 42.1. The van der Waals surface area contributed by atoms with E-state index in [1.165, 1.54) is 60.0 Å². The number of anilines is 6. The minimum Gasteiger partial charge on any atom is -0.443 e. The zero-order valence-electron chi connectivity index (χ0n) is 44.4. The van der Waals surface area contributed by atoms with E-state index in [4.69, 9.17) is 33.4 Å². The van der Waals surface area contributed by atoms with Gasteiger partial charge in [-0.25, -0.2) is 37.9 Å². The molecule has 32 heteroatoms. The van der Waals surface area contributed by atoms with Crippen LogP contribution in [0.15, 0.2) is 52.6 Å². The Labute approximate surface area is 462 Å². The summed E-state index contributed by atoms with van der Waals surface area (Å²) in [6.07, 6.45) is -0.870. The van der Waals surface area contributed by atoms with Gasteiger partial charge in [-0.1, -0.05) is 38.9 Å². The van der Waals surface area contributed by atoms with Crippen molar-refractivity contribution in [1.29, 1.82) is 0 Å². The standard InChI is InChI=1S/C20H22FN7O5S.C16H21BFNO5.C10H13BrN6O2S/c1-20(2,3)33-19(31)28(16-23-25-26(4)24-16)17-22-8-15(34-17)13-6-5-11(7-14(13)21)27-9-12(10-29)32-18(27)30;1-15(2)16(3,4)24-17(23-15)12-6-5-10(7-13(12)18)19-8-11(9-20)22-14(19)21;1-10(2,3)19-9(18)17(7-13-15-16(4)14-7)8-12-5-6(11)20-8/h5-8,12,29H,9-10H2,1-4H3;5-7,11,20H,8-9H2,1-4H3;5H,1-4H3/t12-;11-;/m11./s1. The average Bonchev–Trinajstić information content (AvgIpc) is 4.24. The van der Waals surface area contributed by atoms with Crippen molar-refractivity contribution in [3.8, 4) is 10.4 Å². The molecule has 6 aromatic rings. The van der Waals surface area contributed by atoms with Crippen LogP contribution in [0.5, 0.6) is 0 Å². The van der Waals surface area contributed by atoms with Gasteiger partial charge in [-0.15, -0.1) is 10.2 Å². The van der Waals surface area contributed by atoms with E-state index in [1.54, 1.807) is 80.0 Å². The van der Waals surface area contributed by atoms with Gasteiger partial charge in [0.1, 0.15) is 35.0 Å². The van der Waals surface area contributed by atoms with Crippen molar-refractivity contribution in [3.63, 3.8) is 0 Å².